The molecule has 0 heterocycles. The predicted octanol–water partition coefficient (Wildman–Crippen LogP) is 2.14. The fourth-order valence-electron chi connectivity index (χ4n) is 1.58. The van der Waals surface area contributed by atoms with Crippen LogP contribution in [0.1, 0.15) is 32.1 Å². The number of amides is 1. The van der Waals surface area contributed by atoms with Crippen molar-refractivity contribution in [2.45, 2.75) is 38.3 Å². The van der Waals surface area contributed by atoms with E-state index in [1.54, 1.807) is 0 Å². The fourth-order valence-corrected chi connectivity index (χ4v) is 1.58. The third-order valence-corrected chi connectivity index (χ3v) is 2.78. The molecule has 0 aliphatic heterocycles. The molecule has 0 atom stereocenters. The molecule has 0 aromatic heterocycles. The zero-order chi connectivity index (χ0) is 12.2. The van der Waals surface area contributed by atoms with Crippen LogP contribution in [-0.2, 0) is 4.79 Å². The minimum Gasteiger partial charge on any atom is -0.355 e. The first-order valence-electron chi connectivity index (χ1n) is 5.16. The van der Waals surface area contributed by atoms with Gasteiger partial charge in [-0.1, -0.05) is 0 Å². The van der Waals surface area contributed by atoms with Gasteiger partial charge in [0.1, 0.15) is 5.41 Å². The van der Waals surface area contributed by atoms with Gasteiger partial charge in [-0.2, -0.15) is 18.4 Å². The van der Waals surface area contributed by atoms with Crippen molar-refractivity contribution in [1.82, 2.24) is 5.32 Å². The number of carbonyl (C=O) groups is 1. The van der Waals surface area contributed by atoms with Gasteiger partial charge in [-0.3, -0.25) is 4.79 Å². The summed E-state index contributed by atoms with van der Waals surface area (Å²) in [5.74, 6) is -0.427. The number of hydrogen-bond donors (Lipinski definition) is 1. The van der Waals surface area contributed by atoms with Gasteiger partial charge in [-0.15, -0.1) is 0 Å². The second kappa shape index (κ2) is 4.73. The van der Waals surface area contributed by atoms with Crippen molar-refractivity contribution in [3.05, 3.63) is 0 Å². The normalized spacial score (nSPS) is 18.4. The number of nitriles is 1. The molecular weight excluding hydrogens is 221 g/mol. The van der Waals surface area contributed by atoms with Gasteiger partial charge in [0.15, 0.2) is 0 Å². The summed E-state index contributed by atoms with van der Waals surface area (Å²) in [4.78, 5) is 11.5. The standard InChI is InChI=1S/C10H13F3N2O/c11-10(12,13)5-2-6-15-8(16)9(7-14)3-1-4-9/h1-6H2,(H,15,16). The summed E-state index contributed by atoms with van der Waals surface area (Å²) in [6.45, 7) is -0.0260. The van der Waals surface area contributed by atoms with E-state index < -0.39 is 23.9 Å². The first-order chi connectivity index (χ1) is 7.40. The molecule has 1 saturated carbocycles. The maximum Gasteiger partial charge on any atom is 0.389 e. The number of nitrogens with zero attached hydrogens (tertiary/aromatic N) is 1. The number of nitrogens with one attached hydrogen (secondary N) is 1. The second-order valence-corrected chi connectivity index (χ2v) is 4.02. The number of hydrogen-bond acceptors (Lipinski definition) is 2. The van der Waals surface area contributed by atoms with E-state index >= 15 is 0 Å². The molecule has 0 saturated heterocycles. The van der Waals surface area contributed by atoms with E-state index in [1.165, 1.54) is 0 Å². The number of carbonyl (C=O) groups excluding carboxylic acids is 1. The van der Waals surface area contributed by atoms with E-state index in [-0.39, 0.29) is 13.0 Å². The molecule has 1 amide bonds. The van der Waals surface area contributed by atoms with Crippen LogP contribution in [0.5, 0.6) is 0 Å². The molecular formula is C10H13F3N2O. The van der Waals surface area contributed by atoms with Gasteiger partial charge < -0.3 is 5.32 Å². The molecule has 16 heavy (non-hydrogen) atoms. The highest BCUT2D eigenvalue weighted by Crippen LogP contribution is 2.40. The molecule has 1 aliphatic carbocycles. The topological polar surface area (TPSA) is 52.9 Å². The maximum absolute atomic E-state index is 11.8. The van der Waals surface area contributed by atoms with Crippen LogP contribution in [0.3, 0.4) is 0 Å². The number of halogens is 3. The lowest BCUT2D eigenvalue weighted by Crippen LogP contribution is -2.45. The summed E-state index contributed by atoms with van der Waals surface area (Å²) in [6, 6.07) is 1.94. The molecule has 1 aliphatic rings. The van der Waals surface area contributed by atoms with Crippen molar-refractivity contribution in [1.29, 1.82) is 5.26 Å². The minimum atomic E-state index is -4.19. The van der Waals surface area contributed by atoms with E-state index in [4.69, 9.17) is 5.26 Å². The van der Waals surface area contributed by atoms with Crippen molar-refractivity contribution in [2.75, 3.05) is 6.54 Å². The summed E-state index contributed by atoms with van der Waals surface area (Å²) in [5, 5.41) is 11.2. The molecule has 1 N–H and O–H groups in total. The van der Waals surface area contributed by atoms with E-state index in [0.717, 1.165) is 6.42 Å². The average Bonchev–Trinajstić information content (AvgIpc) is 2.10. The van der Waals surface area contributed by atoms with E-state index in [0.29, 0.717) is 12.8 Å². The Morgan fingerprint density at radius 2 is 2.06 bits per heavy atom. The van der Waals surface area contributed by atoms with Crippen LogP contribution < -0.4 is 5.32 Å². The third-order valence-electron chi connectivity index (χ3n) is 2.78. The monoisotopic (exact) mass is 234 g/mol. The fraction of sp³-hybridized carbons (Fsp3) is 0.800. The SMILES string of the molecule is N#CC1(C(=O)NCCCC(F)(F)F)CCC1. The minimum absolute atomic E-state index is 0.0260. The average molecular weight is 234 g/mol. The highest BCUT2D eigenvalue weighted by Gasteiger charge is 2.44. The molecule has 0 radical (unpaired) electrons. The molecule has 0 aromatic rings. The summed E-state index contributed by atoms with van der Waals surface area (Å²) >= 11 is 0. The van der Waals surface area contributed by atoms with E-state index in [1.807, 2.05) is 6.07 Å². The lowest BCUT2D eigenvalue weighted by Gasteiger charge is -2.33. The smallest absolute Gasteiger partial charge is 0.355 e. The summed E-state index contributed by atoms with van der Waals surface area (Å²) in [5.41, 5.74) is -0.974. The van der Waals surface area contributed by atoms with Crippen molar-refractivity contribution >= 4 is 5.91 Å². The lowest BCUT2D eigenvalue weighted by molar-refractivity contribution is -0.138. The Balaban J connectivity index is 2.24. The highest BCUT2D eigenvalue weighted by atomic mass is 19.4. The van der Waals surface area contributed by atoms with Crippen LogP contribution >= 0.6 is 0 Å². The molecule has 3 nitrogen and oxygen atoms in total. The van der Waals surface area contributed by atoms with E-state index in [2.05, 4.69) is 5.32 Å². The molecule has 1 fully saturated rings. The Bertz CT molecular complexity index is 302. The van der Waals surface area contributed by atoms with Crippen LogP contribution in [0.2, 0.25) is 0 Å². The Kier molecular flexibility index (Phi) is 3.79. The van der Waals surface area contributed by atoms with Crippen molar-refractivity contribution in [3.63, 3.8) is 0 Å². The maximum atomic E-state index is 11.8. The van der Waals surface area contributed by atoms with Crippen LogP contribution in [0, 0.1) is 16.7 Å². The summed E-state index contributed by atoms with van der Waals surface area (Å²) < 4.78 is 35.4. The lowest BCUT2D eigenvalue weighted by atomic mass is 9.69. The Labute approximate surface area is 91.6 Å². The largest absolute Gasteiger partial charge is 0.389 e. The Hall–Kier alpha value is -1.25. The quantitative estimate of drug-likeness (QED) is 0.757. The third kappa shape index (κ3) is 3.12. The van der Waals surface area contributed by atoms with Gasteiger partial charge >= 0.3 is 6.18 Å². The molecule has 6 heteroatoms. The Morgan fingerprint density at radius 1 is 1.44 bits per heavy atom. The summed E-state index contributed by atoms with van der Waals surface area (Å²) in [6.07, 6.45) is -3.40. The van der Waals surface area contributed by atoms with Gasteiger partial charge in [0.05, 0.1) is 6.07 Å². The Morgan fingerprint density at radius 3 is 2.44 bits per heavy atom. The van der Waals surface area contributed by atoms with Crippen molar-refractivity contribution in [2.24, 2.45) is 5.41 Å². The molecule has 90 valence electrons. The van der Waals surface area contributed by atoms with Crippen LogP contribution in [-0.4, -0.2) is 18.6 Å². The molecule has 0 aromatic carbocycles. The van der Waals surface area contributed by atoms with Crippen LogP contribution in [0.25, 0.3) is 0 Å². The van der Waals surface area contributed by atoms with Crippen molar-refractivity contribution < 1.29 is 18.0 Å². The van der Waals surface area contributed by atoms with Gasteiger partial charge in [0.25, 0.3) is 0 Å². The second-order valence-electron chi connectivity index (χ2n) is 4.02. The number of rotatable bonds is 4. The molecule has 0 bridgehead atoms. The molecule has 1 rings (SSSR count). The van der Waals surface area contributed by atoms with E-state index in [9.17, 15) is 18.0 Å². The zero-order valence-corrected chi connectivity index (χ0v) is 8.73. The van der Waals surface area contributed by atoms with Gasteiger partial charge in [-0.05, 0) is 25.7 Å². The van der Waals surface area contributed by atoms with Crippen LogP contribution in [0.15, 0.2) is 0 Å². The zero-order valence-electron chi connectivity index (χ0n) is 8.73. The first kappa shape index (κ1) is 12.8. The predicted molar refractivity (Wildman–Crippen MR) is 50.2 cm³/mol. The van der Waals surface area contributed by atoms with Crippen LogP contribution in [0.4, 0.5) is 13.2 Å². The highest BCUT2D eigenvalue weighted by molar-refractivity contribution is 5.86. The summed E-state index contributed by atoms with van der Waals surface area (Å²) in [7, 11) is 0. The molecule has 0 unspecified atom stereocenters. The first-order valence-corrected chi connectivity index (χ1v) is 5.16. The number of alkyl halides is 3. The van der Waals surface area contributed by atoms with Gasteiger partial charge in [0.2, 0.25) is 5.91 Å². The van der Waals surface area contributed by atoms with Crippen molar-refractivity contribution in [3.8, 4) is 6.07 Å². The molecule has 0 spiro atoms. The van der Waals surface area contributed by atoms with Gasteiger partial charge in [-0.25, -0.2) is 0 Å². The van der Waals surface area contributed by atoms with Gasteiger partial charge in [0, 0.05) is 13.0 Å².